The first-order valence-electron chi connectivity index (χ1n) is 9.10. The number of hydrogen-bond acceptors (Lipinski definition) is 5. The maximum atomic E-state index is 11.5. The molecule has 5 nitrogen and oxygen atoms in total. The lowest BCUT2D eigenvalue weighted by Gasteiger charge is -2.10. The lowest BCUT2D eigenvalue weighted by atomic mass is 10.1. The number of carbonyl (C=O) groups is 1. The fourth-order valence-corrected chi connectivity index (χ4v) is 3.65. The lowest BCUT2D eigenvalue weighted by molar-refractivity contribution is -0.143. The van der Waals surface area contributed by atoms with E-state index in [2.05, 4.69) is 39.0 Å². The van der Waals surface area contributed by atoms with E-state index in [0.29, 0.717) is 19.4 Å². The van der Waals surface area contributed by atoms with Gasteiger partial charge in [0.2, 0.25) is 0 Å². The molecular formula is C21H23N3O2S. The number of benzene rings is 2. The lowest BCUT2D eigenvalue weighted by Crippen LogP contribution is -2.05. The Labute approximate surface area is 163 Å². The zero-order valence-electron chi connectivity index (χ0n) is 15.4. The van der Waals surface area contributed by atoms with Crippen LogP contribution in [-0.4, -0.2) is 33.1 Å². The number of carbonyl (C=O) groups excluding carboxylic acids is 1. The van der Waals surface area contributed by atoms with Gasteiger partial charge in [0.25, 0.3) is 0 Å². The minimum Gasteiger partial charge on any atom is -0.466 e. The maximum absolute atomic E-state index is 11.5. The van der Waals surface area contributed by atoms with Gasteiger partial charge in [0.15, 0.2) is 5.16 Å². The zero-order valence-corrected chi connectivity index (χ0v) is 16.2. The van der Waals surface area contributed by atoms with Gasteiger partial charge < -0.3 is 4.74 Å². The summed E-state index contributed by atoms with van der Waals surface area (Å²) in [6.45, 7) is 2.25. The van der Waals surface area contributed by atoms with Crippen LogP contribution in [0.15, 0.2) is 65.8 Å². The SMILES string of the molecule is CCOC(=O)CCCSc1nnc(Cc2ccccc2)n1-c1ccccc1. The monoisotopic (exact) mass is 381 g/mol. The fraction of sp³-hybridized carbons (Fsp3) is 0.286. The van der Waals surface area contributed by atoms with E-state index in [1.54, 1.807) is 11.8 Å². The molecular weight excluding hydrogens is 358 g/mol. The number of nitrogens with zero attached hydrogens (tertiary/aromatic N) is 3. The number of ether oxygens (including phenoxy) is 1. The van der Waals surface area contributed by atoms with Crippen LogP contribution in [0, 0.1) is 0 Å². The molecule has 1 heterocycles. The van der Waals surface area contributed by atoms with E-state index in [1.165, 1.54) is 5.56 Å². The normalized spacial score (nSPS) is 10.7. The number of thioether (sulfide) groups is 1. The first kappa shape index (κ1) is 19.2. The molecule has 6 heteroatoms. The van der Waals surface area contributed by atoms with E-state index in [9.17, 15) is 4.79 Å². The number of hydrogen-bond donors (Lipinski definition) is 0. The largest absolute Gasteiger partial charge is 0.466 e. The molecule has 0 radical (unpaired) electrons. The Kier molecular flexibility index (Phi) is 7.04. The van der Waals surface area contributed by atoms with E-state index >= 15 is 0 Å². The minimum atomic E-state index is -0.146. The highest BCUT2D eigenvalue weighted by molar-refractivity contribution is 7.99. The highest BCUT2D eigenvalue weighted by atomic mass is 32.2. The van der Waals surface area contributed by atoms with Gasteiger partial charge in [-0.15, -0.1) is 10.2 Å². The molecule has 1 aromatic heterocycles. The molecule has 0 atom stereocenters. The molecule has 0 bridgehead atoms. The van der Waals surface area contributed by atoms with Gasteiger partial charge in [0.05, 0.1) is 6.61 Å². The summed E-state index contributed by atoms with van der Waals surface area (Å²) in [5.41, 5.74) is 2.24. The van der Waals surface area contributed by atoms with Crippen LogP contribution < -0.4 is 0 Å². The summed E-state index contributed by atoms with van der Waals surface area (Å²) in [6.07, 6.45) is 1.89. The van der Waals surface area contributed by atoms with E-state index in [4.69, 9.17) is 4.74 Å². The van der Waals surface area contributed by atoms with Crippen LogP contribution in [0.25, 0.3) is 5.69 Å². The standard InChI is InChI=1S/C21H23N3O2S/c1-2-26-20(25)14-9-15-27-21-23-22-19(16-17-10-5-3-6-11-17)24(21)18-12-7-4-8-13-18/h3-8,10-13H,2,9,14-16H2,1H3. The highest BCUT2D eigenvalue weighted by Gasteiger charge is 2.15. The van der Waals surface area contributed by atoms with Crippen LogP contribution in [0.2, 0.25) is 0 Å². The van der Waals surface area contributed by atoms with E-state index in [1.807, 2.05) is 43.3 Å². The molecule has 3 rings (SSSR count). The zero-order chi connectivity index (χ0) is 18.9. The predicted octanol–water partition coefficient (Wildman–Crippen LogP) is 4.29. The second-order valence-electron chi connectivity index (χ2n) is 5.99. The summed E-state index contributed by atoms with van der Waals surface area (Å²) in [5.74, 6) is 1.54. The molecule has 0 amide bonds. The quantitative estimate of drug-likeness (QED) is 0.314. The maximum Gasteiger partial charge on any atom is 0.305 e. The van der Waals surface area contributed by atoms with Crippen LogP contribution in [-0.2, 0) is 16.0 Å². The second kappa shape index (κ2) is 9.92. The Balaban J connectivity index is 1.74. The van der Waals surface area contributed by atoms with E-state index < -0.39 is 0 Å². The average Bonchev–Trinajstić information content (AvgIpc) is 3.09. The molecule has 27 heavy (non-hydrogen) atoms. The summed E-state index contributed by atoms with van der Waals surface area (Å²) in [4.78, 5) is 11.5. The molecule has 0 fully saturated rings. The Morgan fingerprint density at radius 1 is 1.04 bits per heavy atom. The summed E-state index contributed by atoms with van der Waals surface area (Å²) in [5, 5.41) is 9.68. The molecule has 140 valence electrons. The molecule has 0 unspecified atom stereocenters. The number of aromatic nitrogens is 3. The molecule has 0 saturated carbocycles. The van der Waals surface area contributed by atoms with Crippen LogP contribution in [0.1, 0.15) is 31.2 Å². The van der Waals surface area contributed by atoms with Crippen molar-refractivity contribution >= 4 is 17.7 Å². The van der Waals surface area contributed by atoms with E-state index in [-0.39, 0.29) is 5.97 Å². The Morgan fingerprint density at radius 2 is 1.74 bits per heavy atom. The van der Waals surface area contributed by atoms with Gasteiger partial charge in [-0.05, 0) is 31.0 Å². The summed E-state index contributed by atoms with van der Waals surface area (Å²) >= 11 is 1.61. The van der Waals surface area contributed by atoms with Gasteiger partial charge in [-0.2, -0.15) is 0 Å². The summed E-state index contributed by atoms with van der Waals surface area (Å²) < 4.78 is 7.08. The summed E-state index contributed by atoms with van der Waals surface area (Å²) in [6, 6.07) is 20.4. The molecule has 2 aromatic carbocycles. The van der Waals surface area contributed by atoms with Crippen LogP contribution in [0.4, 0.5) is 0 Å². The molecule has 0 aliphatic rings. The van der Waals surface area contributed by atoms with Gasteiger partial charge in [0.1, 0.15) is 5.82 Å². The first-order valence-corrected chi connectivity index (χ1v) is 10.1. The van der Waals surface area contributed by atoms with Gasteiger partial charge >= 0.3 is 5.97 Å². The van der Waals surface area contributed by atoms with Gasteiger partial charge in [0, 0.05) is 24.3 Å². The number of esters is 1. The topological polar surface area (TPSA) is 57.0 Å². The molecule has 0 spiro atoms. The van der Waals surface area contributed by atoms with Crippen molar-refractivity contribution < 1.29 is 9.53 Å². The van der Waals surface area contributed by atoms with Crippen molar-refractivity contribution in [2.45, 2.75) is 31.3 Å². The predicted molar refractivity (Wildman–Crippen MR) is 107 cm³/mol. The van der Waals surface area contributed by atoms with Crippen molar-refractivity contribution in [2.75, 3.05) is 12.4 Å². The molecule has 0 saturated heterocycles. The third kappa shape index (κ3) is 5.44. The average molecular weight is 382 g/mol. The van der Waals surface area contributed by atoms with Crippen molar-refractivity contribution in [3.05, 3.63) is 72.1 Å². The first-order chi connectivity index (χ1) is 13.3. The van der Waals surface area contributed by atoms with Gasteiger partial charge in [-0.1, -0.05) is 60.3 Å². The highest BCUT2D eigenvalue weighted by Crippen LogP contribution is 2.24. The smallest absolute Gasteiger partial charge is 0.305 e. The molecule has 0 aliphatic heterocycles. The molecule has 0 N–H and O–H groups in total. The van der Waals surface area contributed by atoms with Crippen molar-refractivity contribution in [3.63, 3.8) is 0 Å². The Hall–Kier alpha value is -2.60. The minimum absolute atomic E-state index is 0.146. The van der Waals surface area contributed by atoms with Crippen LogP contribution in [0.3, 0.4) is 0 Å². The van der Waals surface area contributed by atoms with Crippen molar-refractivity contribution in [2.24, 2.45) is 0 Å². The Morgan fingerprint density at radius 3 is 2.44 bits per heavy atom. The van der Waals surface area contributed by atoms with Crippen LogP contribution in [0.5, 0.6) is 0 Å². The van der Waals surface area contributed by atoms with Crippen LogP contribution >= 0.6 is 11.8 Å². The third-order valence-corrected chi connectivity index (χ3v) is 5.00. The fourth-order valence-electron chi connectivity index (χ4n) is 2.74. The van der Waals surface area contributed by atoms with Crippen molar-refractivity contribution in [1.82, 2.24) is 14.8 Å². The van der Waals surface area contributed by atoms with Gasteiger partial charge in [-0.25, -0.2) is 0 Å². The third-order valence-electron chi connectivity index (χ3n) is 3.98. The molecule has 0 aliphatic carbocycles. The Bertz CT molecular complexity index is 850. The number of rotatable bonds is 9. The van der Waals surface area contributed by atoms with Crippen molar-refractivity contribution in [3.8, 4) is 5.69 Å². The second-order valence-corrected chi connectivity index (χ2v) is 7.05. The van der Waals surface area contributed by atoms with E-state index in [0.717, 1.165) is 28.8 Å². The van der Waals surface area contributed by atoms with Crippen molar-refractivity contribution in [1.29, 1.82) is 0 Å². The molecule has 3 aromatic rings. The van der Waals surface area contributed by atoms with Gasteiger partial charge in [-0.3, -0.25) is 9.36 Å². The summed E-state index contributed by atoms with van der Waals surface area (Å²) in [7, 11) is 0. The number of para-hydroxylation sites is 1.